The third-order valence-corrected chi connectivity index (χ3v) is 4.29. The van der Waals surface area contributed by atoms with E-state index in [-0.39, 0.29) is 12.6 Å². The zero-order valence-electron chi connectivity index (χ0n) is 12.6. The second kappa shape index (κ2) is 5.96. The van der Waals surface area contributed by atoms with Gasteiger partial charge in [-0.05, 0) is 12.8 Å². The second-order valence-corrected chi connectivity index (χ2v) is 5.74. The maximum Gasteiger partial charge on any atom is 0.330 e. The van der Waals surface area contributed by atoms with Crippen LogP contribution in [0.5, 0.6) is 0 Å². The highest BCUT2D eigenvalue weighted by Crippen LogP contribution is 2.28. The molecule has 2 aromatic heterocycles. The van der Waals surface area contributed by atoms with E-state index in [4.69, 9.17) is 5.11 Å². The third kappa shape index (κ3) is 2.43. The number of imidazole rings is 1. The van der Waals surface area contributed by atoms with Gasteiger partial charge in [0, 0.05) is 19.6 Å². The lowest BCUT2D eigenvalue weighted by atomic mass is 9.95. The summed E-state index contributed by atoms with van der Waals surface area (Å²) in [6.45, 7) is 0.303. The molecule has 0 unspecified atom stereocenters. The Hall–Kier alpha value is -2.09. The summed E-state index contributed by atoms with van der Waals surface area (Å²) in [6.07, 6.45) is 5.21. The molecule has 2 heterocycles. The van der Waals surface area contributed by atoms with Gasteiger partial charge in [0.25, 0.3) is 5.56 Å². The first kappa shape index (κ1) is 14.8. The van der Waals surface area contributed by atoms with Crippen LogP contribution in [-0.2, 0) is 7.05 Å². The molecule has 22 heavy (non-hydrogen) atoms. The molecule has 0 aromatic carbocycles. The lowest BCUT2D eigenvalue weighted by Gasteiger charge is -2.23. The molecule has 3 N–H and O–H groups in total. The summed E-state index contributed by atoms with van der Waals surface area (Å²) in [7, 11) is 1.72. The summed E-state index contributed by atoms with van der Waals surface area (Å²) in [6, 6.07) is 0.0844. The Bertz CT molecular complexity index is 782. The molecular weight excluding hydrogens is 286 g/mol. The topological polar surface area (TPSA) is 105 Å². The highest BCUT2D eigenvalue weighted by atomic mass is 16.3. The van der Waals surface area contributed by atoms with E-state index in [0.717, 1.165) is 25.7 Å². The van der Waals surface area contributed by atoms with Crippen molar-refractivity contribution in [3.05, 3.63) is 20.8 Å². The van der Waals surface area contributed by atoms with Crippen LogP contribution in [0.1, 0.15) is 38.1 Å². The summed E-state index contributed by atoms with van der Waals surface area (Å²) >= 11 is 0. The molecule has 0 spiro atoms. The van der Waals surface area contributed by atoms with Crippen LogP contribution in [0.4, 0.5) is 5.95 Å². The van der Waals surface area contributed by atoms with E-state index in [1.165, 1.54) is 6.42 Å². The Morgan fingerprint density at radius 3 is 2.73 bits per heavy atom. The van der Waals surface area contributed by atoms with Crippen molar-refractivity contribution in [1.29, 1.82) is 0 Å². The molecule has 1 fully saturated rings. The molecule has 120 valence electrons. The fraction of sp³-hybridized carbons (Fsp3) is 0.643. The molecule has 8 heteroatoms. The molecule has 2 aromatic rings. The quantitative estimate of drug-likeness (QED) is 0.755. The molecule has 0 saturated heterocycles. The zero-order chi connectivity index (χ0) is 15.7. The predicted molar refractivity (Wildman–Crippen MR) is 83.3 cm³/mol. The number of anilines is 1. The van der Waals surface area contributed by atoms with Crippen molar-refractivity contribution < 1.29 is 5.11 Å². The number of hydrogen-bond acceptors (Lipinski definition) is 5. The first-order valence-corrected chi connectivity index (χ1v) is 7.69. The molecule has 1 aliphatic rings. The number of rotatable bonds is 4. The van der Waals surface area contributed by atoms with Gasteiger partial charge < -0.3 is 15.0 Å². The van der Waals surface area contributed by atoms with Gasteiger partial charge in [-0.2, -0.15) is 4.98 Å². The number of nitrogens with one attached hydrogen (secondary N) is 2. The van der Waals surface area contributed by atoms with Gasteiger partial charge in [0.1, 0.15) is 0 Å². The van der Waals surface area contributed by atoms with Crippen molar-refractivity contribution in [2.45, 2.75) is 38.1 Å². The van der Waals surface area contributed by atoms with Crippen LogP contribution in [-0.4, -0.2) is 37.4 Å². The minimum absolute atomic E-state index is 0.0327. The minimum atomic E-state index is -0.431. The highest BCUT2D eigenvalue weighted by Gasteiger charge is 2.23. The normalized spacial score (nSPS) is 16.3. The first-order chi connectivity index (χ1) is 10.6. The number of nitrogens with zero attached hydrogens (tertiary/aromatic N) is 3. The molecule has 0 bridgehead atoms. The van der Waals surface area contributed by atoms with Gasteiger partial charge in [0.2, 0.25) is 5.95 Å². The van der Waals surface area contributed by atoms with Crippen LogP contribution < -0.4 is 16.6 Å². The van der Waals surface area contributed by atoms with Crippen molar-refractivity contribution in [3.63, 3.8) is 0 Å². The van der Waals surface area contributed by atoms with Gasteiger partial charge in [0.15, 0.2) is 11.2 Å². The Kier molecular flexibility index (Phi) is 4.02. The highest BCUT2D eigenvalue weighted by molar-refractivity contribution is 5.74. The number of aromatic amines is 1. The van der Waals surface area contributed by atoms with Gasteiger partial charge in [-0.1, -0.05) is 19.3 Å². The monoisotopic (exact) mass is 307 g/mol. The maximum absolute atomic E-state index is 12.3. The predicted octanol–water partition coefficient (Wildman–Crippen LogP) is 0.333. The fourth-order valence-corrected chi connectivity index (χ4v) is 3.22. The summed E-state index contributed by atoms with van der Waals surface area (Å²) in [5.74, 6) is 0.477. The van der Waals surface area contributed by atoms with Gasteiger partial charge in [-0.3, -0.25) is 14.3 Å². The van der Waals surface area contributed by atoms with E-state index in [2.05, 4.69) is 15.3 Å². The number of fused-ring (bicyclic) bond motifs is 1. The first-order valence-electron chi connectivity index (χ1n) is 7.69. The van der Waals surface area contributed by atoms with Crippen LogP contribution in [0, 0.1) is 0 Å². The molecule has 8 nitrogen and oxygen atoms in total. The molecule has 0 radical (unpaired) electrons. The number of aliphatic hydroxyl groups is 1. The molecule has 1 saturated carbocycles. The van der Waals surface area contributed by atoms with Crippen molar-refractivity contribution >= 4 is 17.1 Å². The smallest absolute Gasteiger partial charge is 0.330 e. The van der Waals surface area contributed by atoms with Gasteiger partial charge in [-0.15, -0.1) is 0 Å². The van der Waals surface area contributed by atoms with Crippen LogP contribution in [0.3, 0.4) is 0 Å². The van der Waals surface area contributed by atoms with Gasteiger partial charge in [-0.25, -0.2) is 4.79 Å². The van der Waals surface area contributed by atoms with E-state index in [0.29, 0.717) is 23.7 Å². The number of H-pyrrole nitrogens is 1. The molecule has 3 rings (SSSR count). The van der Waals surface area contributed by atoms with Crippen molar-refractivity contribution in [2.75, 3.05) is 18.5 Å². The number of aliphatic hydroxyl groups excluding tert-OH is 1. The largest absolute Gasteiger partial charge is 0.395 e. The van der Waals surface area contributed by atoms with E-state index in [9.17, 15) is 9.59 Å². The van der Waals surface area contributed by atoms with E-state index in [1.54, 1.807) is 16.2 Å². The zero-order valence-corrected chi connectivity index (χ0v) is 12.6. The standard InChI is InChI=1S/C14H21N5O3/c1-18-10-11(16-13(18)15-7-8-20)19(14(22)17-12(10)21)9-5-3-2-4-6-9/h9,20H,2-8H2,1H3,(H,15,16)(H,17,21,22). The minimum Gasteiger partial charge on any atom is -0.395 e. The lowest BCUT2D eigenvalue weighted by Crippen LogP contribution is -2.34. The molecule has 0 atom stereocenters. The fourth-order valence-electron chi connectivity index (χ4n) is 3.22. The SMILES string of the molecule is Cn1c(NCCO)nc2c1c(=O)[nH]c(=O)n2C1CCCCC1. The Labute approximate surface area is 126 Å². The van der Waals surface area contributed by atoms with Gasteiger partial charge in [0.05, 0.1) is 6.61 Å². The molecule has 0 aliphatic heterocycles. The molecule has 0 amide bonds. The molecule has 1 aliphatic carbocycles. The Morgan fingerprint density at radius 2 is 2.05 bits per heavy atom. The second-order valence-electron chi connectivity index (χ2n) is 5.74. The summed E-state index contributed by atoms with van der Waals surface area (Å²) in [4.78, 5) is 31.3. The van der Waals surface area contributed by atoms with Crippen molar-refractivity contribution in [2.24, 2.45) is 7.05 Å². The number of aromatic nitrogens is 4. The average molecular weight is 307 g/mol. The van der Waals surface area contributed by atoms with Crippen molar-refractivity contribution in [1.82, 2.24) is 19.1 Å². The average Bonchev–Trinajstić information content (AvgIpc) is 2.83. The maximum atomic E-state index is 12.3. The molecular formula is C14H21N5O3. The van der Waals surface area contributed by atoms with E-state index >= 15 is 0 Å². The summed E-state index contributed by atoms with van der Waals surface area (Å²) < 4.78 is 3.25. The third-order valence-electron chi connectivity index (χ3n) is 4.29. The summed E-state index contributed by atoms with van der Waals surface area (Å²) in [5, 5.41) is 11.9. The Morgan fingerprint density at radius 1 is 1.32 bits per heavy atom. The number of aryl methyl sites for hydroxylation is 1. The van der Waals surface area contributed by atoms with E-state index in [1.807, 2.05) is 0 Å². The van der Waals surface area contributed by atoms with E-state index < -0.39 is 11.2 Å². The lowest BCUT2D eigenvalue weighted by molar-refractivity contribution is 0.310. The number of hydrogen-bond donors (Lipinski definition) is 3. The van der Waals surface area contributed by atoms with Crippen molar-refractivity contribution in [3.8, 4) is 0 Å². The van der Waals surface area contributed by atoms with Crippen LogP contribution in [0.2, 0.25) is 0 Å². The van der Waals surface area contributed by atoms with Gasteiger partial charge >= 0.3 is 5.69 Å². The van der Waals surface area contributed by atoms with Crippen LogP contribution in [0.25, 0.3) is 11.2 Å². The summed E-state index contributed by atoms with van der Waals surface area (Å²) in [5.41, 5.74) is -0.0236. The van der Waals surface area contributed by atoms with Crippen LogP contribution >= 0.6 is 0 Å². The Balaban J connectivity index is 2.18. The van der Waals surface area contributed by atoms with Crippen LogP contribution in [0.15, 0.2) is 9.59 Å².